The van der Waals surface area contributed by atoms with Crippen molar-refractivity contribution in [2.45, 2.75) is 30.3 Å². The van der Waals surface area contributed by atoms with E-state index in [4.69, 9.17) is 11.6 Å². The lowest BCUT2D eigenvalue weighted by Gasteiger charge is -2.16. The number of hydrogen-bond acceptors (Lipinski definition) is 4. The van der Waals surface area contributed by atoms with Crippen LogP contribution in [0.1, 0.15) is 22.2 Å². The van der Waals surface area contributed by atoms with E-state index < -0.39 is 49.0 Å². The van der Waals surface area contributed by atoms with Crippen LogP contribution in [0.2, 0.25) is 5.02 Å². The standard InChI is InChI=1S/C15H12ClF5N2O3S2/c1-6-9(14(24)22-8-3-10(16)13(18)11(17)4-8)5-12(27-6)28(25,26)23-7(2)15(19,20)21/h3-5,7,23H,1-2H3,(H,22,24). The molecule has 0 radical (unpaired) electrons. The van der Waals surface area contributed by atoms with E-state index in [1.165, 1.54) is 11.6 Å². The van der Waals surface area contributed by atoms with Crippen LogP contribution in [-0.2, 0) is 10.0 Å². The first-order valence-corrected chi connectivity index (χ1v) is 10.1. The highest BCUT2D eigenvalue weighted by atomic mass is 35.5. The Morgan fingerprint density at radius 1 is 1.21 bits per heavy atom. The summed E-state index contributed by atoms with van der Waals surface area (Å²) in [7, 11) is -4.53. The molecule has 1 unspecified atom stereocenters. The number of rotatable bonds is 5. The zero-order valence-corrected chi connectivity index (χ0v) is 16.5. The van der Waals surface area contributed by atoms with Gasteiger partial charge in [-0.25, -0.2) is 17.2 Å². The SMILES string of the molecule is Cc1sc(S(=O)(=O)NC(C)C(F)(F)F)cc1C(=O)Nc1cc(F)c(F)c(Cl)c1. The van der Waals surface area contributed by atoms with Crippen molar-refractivity contribution in [3.8, 4) is 0 Å². The molecule has 1 heterocycles. The zero-order valence-electron chi connectivity index (χ0n) is 14.1. The number of thiophene rings is 1. The van der Waals surface area contributed by atoms with E-state index in [2.05, 4.69) is 5.32 Å². The smallest absolute Gasteiger partial charge is 0.322 e. The van der Waals surface area contributed by atoms with Gasteiger partial charge in [0.1, 0.15) is 10.3 Å². The number of halogens is 6. The third-order valence-electron chi connectivity index (χ3n) is 3.47. The summed E-state index contributed by atoms with van der Waals surface area (Å²) < 4.78 is 89.5. The molecule has 0 aliphatic heterocycles. The van der Waals surface area contributed by atoms with Crippen molar-refractivity contribution in [1.29, 1.82) is 0 Å². The van der Waals surface area contributed by atoms with Gasteiger partial charge in [-0.05, 0) is 26.0 Å². The second kappa shape index (κ2) is 7.93. The van der Waals surface area contributed by atoms with Gasteiger partial charge in [-0.3, -0.25) is 4.79 Å². The maximum Gasteiger partial charge on any atom is 0.404 e. The number of aryl methyl sites for hydroxylation is 1. The Balaban J connectivity index is 2.27. The summed E-state index contributed by atoms with van der Waals surface area (Å²) in [5, 5.41) is 1.64. The number of benzene rings is 1. The van der Waals surface area contributed by atoms with E-state index in [1.54, 1.807) is 0 Å². The summed E-state index contributed by atoms with van der Waals surface area (Å²) in [6, 6.07) is 0.179. The van der Waals surface area contributed by atoms with Gasteiger partial charge >= 0.3 is 6.18 Å². The van der Waals surface area contributed by atoms with Crippen molar-refractivity contribution in [3.63, 3.8) is 0 Å². The number of alkyl halides is 3. The van der Waals surface area contributed by atoms with Crippen molar-refractivity contribution >= 4 is 44.6 Å². The van der Waals surface area contributed by atoms with Crippen LogP contribution in [-0.4, -0.2) is 26.5 Å². The fourth-order valence-electron chi connectivity index (χ4n) is 2.00. The fraction of sp³-hybridized carbons (Fsp3) is 0.267. The fourth-order valence-corrected chi connectivity index (χ4v) is 4.89. The van der Waals surface area contributed by atoms with Gasteiger partial charge in [-0.1, -0.05) is 11.6 Å². The van der Waals surface area contributed by atoms with Crippen LogP contribution >= 0.6 is 22.9 Å². The Bertz CT molecular complexity index is 998. The molecule has 0 saturated carbocycles. The van der Waals surface area contributed by atoms with Crippen molar-refractivity contribution in [2.24, 2.45) is 0 Å². The second-order valence-corrected chi connectivity index (χ2v) is 9.23. The number of carbonyl (C=O) groups excluding carboxylic acids is 1. The molecule has 2 rings (SSSR count). The quantitative estimate of drug-likeness (QED) is 0.508. The van der Waals surface area contributed by atoms with Crippen LogP contribution in [0.25, 0.3) is 0 Å². The van der Waals surface area contributed by atoms with Gasteiger partial charge in [-0.2, -0.15) is 17.9 Å². The van der Waals surface area contributed by atoms with E-state index in [0.29, 0.717) is 24.3 Å². The molecule has 28 heavy (non-hydrogen) atoms. The molecule has 0 spiro atoms. The minimum Gasteiger partial charge on any atom is -0.322 e. The lowest BCUT2D eigenvalue weighted by Crippen LogP contribution is -2.42. The Morgan fingerprint density at radius 2 is 1.82 bits per heavy atom. The average molecular weight is 463 g/mol. The number of sulfonamides is 1. The number of anilines is 1. The van der Waals surface area contributed by atoms with Crippen molar-refractivity contribution in [1.82, 2.24) is 4.72 Å². The van der Waals surface area contributed by atoms with Gasteiger partial charge < -0.3 is 5.32 Å². The highest BCUT2D eigenvalue weighted by Gasteiger charge is 2.39. The van der Waals surface area contributed by atoms with Gasteiger partial charge in [0, 0.05) is 16.6 Å². The Hall–Kier alpha value is -1.76. The summed E-state index contributed by atoms with van der Waals surface area (Å²) in [6.07, 6.45) is -4.79. The molecule has 0 bridgehead atoms. The van der Waals surface area contributed by atoms with Gasteiger partial charge in [-0.15, -0.1) is 11.3 Å². The summed E-state index contributed by atoms with van der Waals surface area (Å²) >= 11 is 6.07. The van der Waals surface area contributed by atoms with Crippen LogP contribution < -0.4 is 10.0 Å². The van der Waals surface area contributed by atoms with Gasteiger partial charge in [0.05, 0.1) is 10.6 Å². The summed E-state index contributed by atoms with van der Waals surface area (Å²) in [5.41, 5.74) is -0.349. The predicted octanol–water partition coefficient (Wildman–Crippen LogP) is 4.47. The molecule has 1 aromatic heterocycles. The third-order valence-corrected chi connectivity index (χ3v) is 6.81. The number of carbonyl (C=O) groups is 1. The van der Waals surface area contributed by atoms with Crippen molar-refractivity contribution in [3.05, 3.63) is 45.3 Å². The lowest BCUT2D eigenvalue weighted by atomic mass is 10.2. The van der Waals surface area contributed by atoms with E-state index in [0.717, 1.165) is 12.1 Å². The van der Waals surface area contributed by atoms with Gasteiger partial charge in [0.2, 0.25) is 0 Å². The zero-order chi connectivity index (χ0) is 21.4. The topological polar surface area (TPSA) is 75.3 Å². The molecule has 2 N–H and O–H groups in total. The number of hydrogen-bond donors (Lipinski definition) is 2. The maximum absolute atomic E-state index is 13.4. The summed E-state index contributed by atoms with van der Waals surface area (Å²) in [6.45, 7) is 2.02. The average Bonchev–Trinajstić information content (AvgIpc) is 2.94. The first kappa shape index (κ1) is 22.5. The lowest BCUT2D eigenvalue weighted by molar-refractivity contribution is -0.147. The molecular weight excluding hydrogens is 451 g/mol. The van der Waals surface area contributed by atoms with Crippen LogP contribution in [0.4, 0.5) is 27.6 Å². The third kappa shape index (κ3) is 4.99. The molecule has 154 valence electrons. The number of amides is 1. The Kier molecular flexibility index (Phi) is 6.38. The molecule has 0 fully saturated rings. The number of nitrogens with one attached hydrogen (secondary N) is 2. The minimum atomic E-state index is -4.79. The Morgan fingerprint density at radius 3 is 2.36 bits per heavy atom. The first-order valence-electron chi connectivity index (χ1n) is 7.37. The summed E-state index contributed by atoms with van der Waals surface area (Å²) in [4.78, 5) is 12.5. The van der Waals surface area contributed by atoms with E-state index in [9.17, 15) is 35.2 Å². The van der Waals surface area contributed by atoms with E-state index >= 15 is 0 Å². The minimum absolute atomic E-state index is 0.161. The predicted molar refractivity (Wildman–Crippen MR) is 94.2 cm³/mol. The molecule has 1 atom stereocenters. The van der Waals surface area contributed by atoms with Gasteiger partial charge in [0.25, 0.3) is 15.9 Å². The van der Waals surface area contributed by atoms with Crippen molar-refractivity contribution < 1.29 is 35.2 Å². The molecule has 0 saturated heterocycles. The van der Waals surface area contributed by atoms with Crippen LogP contribution in [0.3, 0.4) is 0 Å². The molecule has 13 heteroatoms. The largest absolute Gasteiger partial charge is 0.404 e. The summed E-state index contributed by atoms with van der Waals surface area (Å²) in [5.74, 6) is -3.48. The normalized spacial score (nSPS) is 13.4. The molecular formula is C15H12ClF5N2O3S2. The van der Waals surface area contributed by atoms with Crippen LogP contribution in [0.5, 0.6) is 0 Å². The molecule has 1 amide bonds. The maximum atomic E-state index is 13.4. The monoisotopic (exact) mass is 462 g/mol. The van der Waals surface area contributed by atoms with Crippen molar-refractivity contribution in [2.75, 3.05) is 5.32 Å². The molecule has 5 nitrogen and oxygen atoms in total. The first-order chi connectivity index (χ1) is 12.7. The van der Waals surface area contributed by atoms with Crippen LogP contribution in [0, 0.1) is 18.6 Å². The van der Waals surface area contributed by atoms with Gasteiger partial charge in [0.15, 0.2) is 11.6 Å². The highest BCUT2D eigenvalue weighted by molar-refractivity contribution is 7.91. The molecule has 2 aromatic rings. The Labute approximate surface area is 165 Å². The van der Waals surface area contributed by atoms with E-state index in [-0.39, 0.29) is 16.1 Å². The second-order valence-electron chi connectivity index (χ2n) is 5.63. The molecule has 0 aliphatic carbocycles. The molecule has 1 aromatic carbocycles. The van der Waals surface area contributed by atoms with Crippen LogP contribution in [0.15, 0.2) is 22.4 Å². The molecule has 0 aliphatic rings. The highest BCUT2D eigenvalue weighted by Crippen LogP contribution is 2.29. The van der Waals surface area contributed by atoms with E-state index in [1.807, 2.05) is 0 Å².